The Balaban J connectivity index is 1.50. The molecule has 1 heterocycles. The Kier molecular flexibility index (Phi) is 5.11. The molecule has 1 saturated carbocycles. The van der Waals surface area contributed by atoms with Crippen LogP contribution < -0.4 is 5.32 Å². The van der Waals surface area contributed by atoms with Crippen LogP contribution in [0.5, 0.6) is 0 Å². The van der Waals surface area contributed by atoms with E-state index in [1.165, 1.54) is 5.56 Å². The molecule has 1 N–H and O–H groups in total. The first-order valence-corrected chi connectivity index (χ1v) is 8.49. The number of rotatable bonds is 6. The molecule has 1 atom stereocenters. The molecule has 1 amide bonds. The van der Waals surface area contributed by atoms with Crippen LogP contribution in [-0.4, -0.2) is 55.5 Å². The summed E-state index contributed by atoms with van der Waals surface area (Å²) in [6.07, 6.45) is 3.20. The van der Waals surface area contributed by atoms with Crippen molar-refractivity contribution in [3.05, 3.63) is 35.9 Å². The van der Waals surface area contributed by atoms with E-state index in [1.54, 1.807) is 0 Å². The van der Waals surface area contributed by atoms with Crippen molar-refractivity contribution in [2.45, 2.75) is 25.3 Å². The Morgan fingerprint density at radius 3 is 2.73 bits per heavy atom. The first-order valence-electron chi connectivity index (χ1n) is 8.49. The lowest BCUT2D eigenvalue weighted by Gasteiger charge is -2.40. The average molecular weight is 301 g/mol. The van der Waals surface area contributed by atoms with Crippen LogP contribution in [0.1, 0.15) is 30.9 Å². The Labute approximate surface area is 133 Å². The highest BCUT2D eigenvalue weighted by molar-refractivity contribution is 5.80. The van der Waals surface area contributed by atoms with Crippen LogP contribution in [0.3, 0.4) is 0 Å². The Hall–Kier alpha value is -1.39. The van der Waals surface area contributed by atoms with Crippen molar-refractivity contribution < 1.29 is 4.79 Å². The lowest BCUT2D eigenvalue weighted by atomic mass is 10.0. The van der Waals surface area contributed by atoms with E-state index in [2.05, 4.69) is 52.5 Å². The molecular formula is C18H27N3O. The highest BCUT2D eigenvalue weighted by Crippen LogP contribution is 2.28. The van der Waals surface area contributed by atoms with Crippen LogP contribution in [-0.2, 0) is 4.79 Å². The average Bonchev–Trinajstić information content (AvgIpc) is 3.38. The normalized spacial score (nSPS) is 23.4. The maximum atomic E-state index is 11.7. The topological polar surface area (TPSA) is 35.6 Å². The van der Waals surface area contributed by atoms with Crippen molar-refractivity contribution in [3.8, 4) is 0 Å². The predicted molar refractivity (Wildman–Crippen MR) is 88.6 cm³/mol. The van der Waals surface area contributed by atoms with Crippen LogP contribution in [0.4, 0.5) is 0 Å². The Morgan fingerprint density at radius 1 is 1.23 bits per heavy atom. The van der Waals surface area contributed by atoms with Gasteiger partial charge in [-0.2, -0.15) is 0 Å². The minimum absolute atomic E-state index is 0.262. The summed E-state index contributed by atoms with van der Waals surface area (Å²) in [7, 11) is 2.20. The molecule has 1 aliphatic heterocycles. The molecule has 1 aromatic rings. The number of piperazine rings is 1. The van der Waals surface area contributed by atoms with Gasteiger partial charge in [-0.05, 0) is 31.9 Å². The fourth-order valence-corrected chi connectivity index (χ4v) is 3.20. The number of hydrogen-bond acceptors (Lipinski definition) is 3. The van der Waals surface area contributed by atoms with Gasteiger partial charge in [0.15, 0.2) is 0 Å². The standard InChI is InChI=1S/C18H27N3O/c1-20-12-13-21(11-5-10-19-18(22)16-8-9-16)17(14-20)15-6-3-2-4-7-15/h2-4,6-7,16-17H,5,8-14H2,1H3,(H,19,22). The molecule has 0 aromatic heterocycles. The fourth-order valence-electron chi connectivity index (χ4n) is 3.20. The third kappa shape index (κ3) is 4.08. The van der Waals surface area contributed by atoms with Gasteiger partial charge in [-0.3, -0.25) is 9.69 Å². The van der Waals surface area contributed by atoms with Crippen molar-refractivity contribution in [2.75, 3.05) is 39.8 Å². The van der Waals surface area contributed by atoms with Crippen LogP contribution in [0.25, 0.3) is 0 Å². The first-order chi connectivity index (χ1) is 10.7. The predicted octanol–water partition coefficient (Wildman–Crippen LogP) is 1.89. The number of carbonyl (C=O) groups is 1. The number of carbonyl (C=O) groups excluding carboxylic acids is 1. The molecule has 3 rings (SSSR count). The third-order valence-electron chi connectivity index (χ3n) is 4.75. The highest BCUT2D eigenvalue weighted by Gasteiger charge is 2.29. The molecule has 4 nitrogen and oxygen atoms in total. The quantitative estimate of drug-likeness (QED) is 0.815. The lowest BCUT2D eigenvalue weighted by Crippen LogP contribution is -2.47. The zero-order chi connectivity index (χ0) is 15.4. The van der Waals surface area contributed by atoms with E-state index in [4.69, 9.17) is 0 Å². The van der Waals surface area contributed by atoms with Gasteiger partial charge in [-0.25, -0.2) is 0 Å². The number of benzene rings is 1. The molecule has 1 saturated heterocycles. The number of hydrogen-bond donors (Lipinski definition) is 1. The van der Waals surface area contributed by atoms with Gasteiger partial charge in [-0.15, -0.1) is 0 Å². The highest BCUT2D eigenvalue weighted by atomic mass is 16.2. The van der Waals surface area contributed by atoms with Crippen molar-refractivity contribution >= 4 is 5.91 Å². The minimum atomic E-state index is 0.262. The summed E-state index contributed by atoms with van der Waals surface area (Å²) >= 11 is 0. The molecule has 0 spiro atoms. The van der Waals surface area contributed by atoms with Crippen molar-refractivity contribution in [1.82, 2.24) is 15.1 Å². The van der Waals surface area contributed by atoms with E-state index >= 15 is 0 Å². The molecule has 0 bridgehead atoms. The summed E-state index contributed by atoms with van der Waals surface area (Å²) in [5, 5.41) is 3.07. The smallest absolute Gasteiger partial charge is 0.223 e. The maximum Gasteiger partial charge on any atom is 0.223 e. The second kappa shape index (κ2) is 7.25. The molecule has 1 unspecified atom stereocenters. The van der Waals surface area contributed by atoms with Gasteiger partial charge >= 0.3 is 0 Å². The first kappa shape index (κ1) is 15.5. The third-order valence-corrected chi connectivity index (χ3v) is 4.75. The Bertz CT molecular complexity index is 486. The second-order valence-electron chi connectivity index (χ2n) is 6.64. The van der Waals surface area contributed by atoms with Crippen LogP contribution in [0.15, 0.2) is 30.3 Å². The number of amides is 1. The fraction of sp³-hybridized carbons (Fsp3) is 0.611. The maximum absolute atomic E-state index is 11.7. The SMILES string of the molecule is CN1CCN(CCCNC(=O)C2CC2)C(c2ccccc2)C1. The zero-order valence-corrected chi connectivity index (χ0v) is 13.5. The zero-order valence-electron chi connectivity index (χ0n) is 13.5. The van der Waals surface area contributed by atoms with Gasteiger partial charge in [0.1, 0.15) is 0 Å². The van der Waals surface area contributed by atoms with E-state index in [0.717, 1.165) is 52.0 Å². The minimum Gasteiger partial charge on any atom is -0.356 e. The number of likely N-dealkylation sites (N-methyl/N-ethyl adjacent to an activating group) is 1. The lowest BCUT2D eigenvalue weighted by molar-refractivity contribution is -0.122. The van der Waals surface area contributed by atoms with Gasteiger partial charge in [-0.1, -0.05) is 30.3 Å². The summed E-state index contributed by atoms with van der Waals surface area (Å²) in [5.74, 6) is 0.582. The summed E-state index contributed by atoms with van der Waals surface area (Å²) < 4.78 is 0. The van der Waals surface area contributed by atoms with Gasteiger partial charge < -0.3 is 10.2 Å². The monoisotopic (exact) mass is 301 g/mol. The van der Waals surface area contributed by atoms with Crippen LogP contribution >= 0.6 is 0 Å². The molecule has 22 heavy (non-hydrogen) atoms. The van der Waals surface area contributed by atoms with Gasteiger partial charge in [0.2, 0.25) is 5.91 Å². The molecule has 1 aromatic carbocycles. The van der Waals surface area contributed by atoms with Gasteiger partial charge in [0.25, 0.3) is 0 Å². The van der Waals surface area contributed by atoms with Crippen LogP contribution in [0, 0.1) is 5.92 Å². The molecule has 2 fully saturated rings. The summed E-state index contributed by atoms with van der Waals surface area (Å²) in [4.78, 5) is 16.6. The van der Waals surface area contributed by atoms with Crippen molar-refractivity contribution in [3.63, 3.8) is 0 Å². The van der Waals surface area contributed by atoms with Gasteiger partial charge in [0.05, 0.1) is 0 Å². The van der Waals surface area contributed by atoms with Gasteiger partial charge in [0, 0.05) is 44.7 Å². The van der Waals surface area contributed by atoms with Crippen molar-refractivity contribution in [2.24, 2.45) is 5.92 Å². The summed E-state index contributed by atoms with van der Waals surface area (Å²) in [6.45, 7) is 5.17. The second-order valence-corrected chi connectivity index (χ2v) is 6.64. The summed E-state index contributed by atoms with van der Waals surface area (Å²) in [6, 6.07) is 11.3. The van der Waals surface area contributed by atoms with E-state index < -0.39 is 0 Å². The van der Waals surface area contributed by atoms with E-state index in [-0.39, 0.29) is 5.91 Å². The number of nitrogens with one attached hydrogen (secondary N) is 1. The molecule has 0 radical (unpaired) electrons. The van der Waals surface area contributed by atoms with E-state index in [9.17, 15) is 4.79 Å². The molecule has 1 aliphatic carbocycles. The number of nitrogens with zero attached hydrogens (tertiary/aromatic N) is 2. The van der Waals surface area contributed by atoms with E-state index in [1.807, 2.05) is 0 Å². The largest absolute Gasteiger partial charge is 0.356 e. The Morgan fingerprint density at radius 2 is 2.00 bits per heavy atom. The summed E-state index contributed by atoms with van der Waals surface area (Å²) in [5.41, 5.74) is 1.40. The molecule has 4 heteroatoms. The molecule has 2 aliphatic rings. The van der Waals surface area contributed by atoms with E-state index in [0.29, 0.717) is 12.0 Å². The molecule has 120 valence electrons. The van der Waals surface area contributed by atoms with Crippen LogP contribution in [0.2, 0.25) is 0 Å². The molecular weight excluding hydrogens is 274 g/mol. The van der Waals surface area contributed by atoms with Crippen molar-refractivity contribution in [1.29, 1.82) is 0 Å².